The molecular formula is C23H21NO2. The van der Waals surface area contributed by atoms with E-state index in [0.29, 0.717) is 11.1 Å². The molecule has 3 aromatic rings. The number of amides is 1. The van der Waals surface area contributed by atoms with Crippen LogP contribution in [0.1, 0.15) is 43.0 Å². The third kappa shape index (κ3) is 3.72. The zero-order valence-electron chi connectivity index (χ0n) is 15.2. The van der Waals surface area contributed by atoms with Crippen molar-refractivity contribution in [3.05, 3.63) is 100 Å². The van der Waals surface area contributed by atoms with E-state index in [-0.39, 0.29) is 11.7 Å². The maximum Gasteiger partial charge on any atom is 0.255 e. The summed E-state index contributed by atoms with van der Waals surface area (Å²) in [6, 6.07) is 20.1. The van der Waals surface area contributed by atoms with Gasteiger partial charge >= 0.3 is 0 Å². The second-order valence-electron chi connectivity index (χ2n) is 6.50. The smallest absolute Gasteiger partial charge is 0.255 e. The van der Waals surface area contributed by atoms with E-state index in [2.05, 4.69) is 5.32 Å². The Bertz CT molecular complexity index is 934. The molecule has 0 heterocycles. The van der Waals surface area contributed by atoms with E-state index in [9.17, 15) is 9.59 Å². The fourth-order valence-corrected chi connectivity index (χ4v) is 3.18. The molecule has 0 aliphatic rings. The number of ketones is 1. The lowest BCUT2D eigenvalue weighted by atomic mass is 9.93. The van der Waals surface area contributed by atoms with Crippen LogP contribution in [0, 0.1) is 20.8 Å². The van der Waals surface area contributed by atoms with Crippen molar-refractivity contribution in [2.75, 3.05) is 5.32 Å². The predicted octanol–water partition coefficient (Wildman–Crippen LogP) is 5.10. The van der Waals surface area contributed by atoms with E-state index in [4.69, 9.17) is 0 Å². The Labute approximate surface area is 153 Å². The third-order valence-corrected chi connectivity index (χ3v) is 4.35. The molecule has 3 aromatic carbocycles. The van der Waals surface area contributed by atoms with Crippen molar-refractivity contribution in [3.8, 4) is 0 Å². The van der Waals surface area contributed by atoms with Crippen molar-refractivity contribution >= 4 is 17.4 Å². The van der Waals surface area contributed by atoms with Gasteiger partial charge in [-0.05, 0) is 56.2 Å². The van der Waals surface area contributed by atoms with Crippen molar-refractivity contribution in [2.24, 2.45) is 0 Å². The molecule has 1 amide bonds. The first kappa shape index (κ1) is 17.6. The van der Waals surface area contributed by atoms with Crippen molar-refractivity contribution < 1.29 is 9.59 Å². The number of anilines is 1. The molecule has 0 aliphatic carbocycles. The van der Waals surface area contributed by atoms with E-state index in [1.165, 1.54) is 0 Å². The predicted molar refractivity (Wildman–Crippen MR) is 105 cm³/mol. The maximum absolute atomic E-state index is 12.9. The van der Waals surface area contributed by atoms with Crippen molar-refractivity contribution in [3.63, 3.8) is 0 Å². The van der Waals surface area contributed by atoms with Gasteiger partial charge < -0.3 is 5.32 Å². The summed E-state index contributed by atoms with van der Waals surface area (Å²) in [6.45, 7) is 5.93. The van der Waals surface area contributed by atoms with Gasteiger partial charge in [0, 0.05) is 22.4 Å². The number of aryl methyl sites for hydroxylation is 3. The Morgan fingerprint density at radius 3 is 1.85 bits per heavy atom. The monoisotopic (exact) mass is 343 g/mol. The Kier molecular flexibility index (Phi) is 4.99. The van der Waals surface area contributed by atoms with Crippen LogP contribution >= 0.6 is 0 Å². The van der Waals surface area contributed by atoms with Crippen LogP contribution in [0.3, 0.4) is 0 Å². The number of carbonyl (C=O) groups excluding carboxylic acids is 2. The Morgan fingerprint density at radius 1 is 0.731 bits per heavy atom. The lowest BCUT2D eigenvalue weighted by Gasteiger charge is -2.11. The molecule has 3 heteroatoms. The molecule has 0 unspecified atom stereocenters. The summed E-state index contributed by atoms with van der Waals surface area (Å²) >= 11 is 0. The molecular weight excluding hydrogens is 322 g/mol. The van der Waals surface area contributed by atoms with Crippen LogP contribution in [0.25, 0.3) is 0 Å². The average Bonchev–Trinajstić information content (AvgIpc) is 2.61. The summed E-state index contributed by atoms with van der Waals surface area (Å²) in [5.41, 5.74) is 5.65. The summed E-state index contributed by atoms with van der Waals surface area (Å²) in [7, 11) is 0. The highest BCUT2D eigenvalue weighted by Gasteiger charge is 2.15. The minimum absolute atomic E-state index is 0.0185. The Morgan fingerprint density at radius 2 is 1.27 bits per heavy atom. The standard InChI is InChI=1S/C23H21NO2/c1-15-13-16(2)21(17(3)14-15)22(25)18-9-11-19(12-10-18)23(26)24-20-7-5-4-6-8-20/h4-14H,1-3H3,(H,24,26). The summed E-state index contributed by atoms with van der Waals surface area (Å²) in [4.78, 5) is 25.2. The second-order valence-corrected chi connectivity index (χ2v) is 6.50. The Balaban J connectivity index is 1.81. The van der Waals surface area contributed by atoms with E-state index >= 15 is 0 Å². The van der Waals surface area contributed by atoms with Gasteiger partial charge in [0.1, 0.15) is 0 Å². The van der Waals surface area contributed by atoms with Crippen LogP contribution < -0.4 is 5.32 Å². The summed E-state index contributed by atoms with van der Waals surface area (Å²) in [5, 5.41) is 2.84. The van der Waals surface area contributed by atoms with Crippen LogP contribution in [-0.2, 0) is 0 Å². The molecule has 26 heavy (non-hydrogen) atoms. The van der Waals surface area contributed by atoms with Gasteiger partial charge in [-0.1, -0.05) is 48.0 Å². The fraction of sp³-hybridized carbons (Fsp3) is 0.130. The molecule has 0 spiro atoms. The van der Waals surface area contributed by atoms with E-state index in [1.54, 1.807) is 24.3 Å². The molecule has 3 nitrogen and oxygen atoms in total. The molecule has 0 aliphatic heterocycles. The highest BCUT2D eigenvalue weighted by molar-refractivity contribution is 6.11. The first-order valence-electron chi connectivity index (χ1n) is 8.54. The number of nitrogens with one attached hydrogen (secondary N) is 1. The lowest BCUT2D eigenvalue weighted by Crippen LogP contribution is -2.12. The molecule has 0 saturated carbocycles. The van der Waals surface area contributed by atoms with Crippen LogP contribution in [0.5, 0.6) is 0 Å². The van der Waals surface area contributed by atoms with Gasteiger partial charge in [-0.25, -0.2) is 0 Å². The van der Waals surface area contributed by atoms with Gasteiger partial charge in [-0.3, -0.25) is 9.59 Å². The van der Waals surface area contributed by atoms with Crippen molar-refractivity contribution in [1.29, 1.82) is 0 Å². The van der Waals surface area contributed by atoms with Crippen LogP contribution in [0.2, 0.25) is 0 Å². The number of carbonyl (C=O) groups is 2. The second kappa shape index (κ2) is 7.36. The first-order chi connectivity index (χ1) is 12.5. The minimum atomic E-state index is -0.196. The van der Waals surface area contributed by atoms with E-state index < -0.39 is 0 Å². The van der Waals surface area contributed by atoms with Gasteiger partial charge in [0.05, 0.1) is 0 Å². The Hall–Kier alpha value is -3.20. The average molecular weight is 343 g/mol. The summed E-state index contributed by atoms with van der Waals surface area (Å²) in [6.07, 6.45) is 0. The fourth-order valence-electron chi connectivity index (χ4n) is 3.18. The van der Waals surface area contributed by atoms with Crippen LogP contribution in [0.4, 0.5) is 5.69 Å². The molecule has 0 aromatic heterocycles. The number of hydrogen-bond donors (Lipinski definition) is 1. The van der Waals surface area contributed by atoms with Crippen molar-refractivity contribution in [1.82, 2.24) is 0 Å². The molecule has 0 fully saturated rings. The molecule has 0 bridgehead atoms. The summed E-state index contributed by atoms with van der Waals surface area (Å²) in [5.74, 6) is -0.215. The van der Waals surface area contributed by atoms with Crippen LogP contribution in [-0.4, -0.2) is 11.7 Å². The van der Waals surface area contributed by atoms with Gasteiger partial charge in [0.2, 0.25) is 0 Å². The maximum atomic E-state index is 12.9. The van der Waals surface area contributed by atoms with E-state index in [1.807, 2.05) is 63.2 Å². The van der Waals surface area contributed by atoms with Crippen molar-refractivity contribution in [2.45, 2.75) is 20.8 Å². The minimum Gasteiger partial charge on any atom is -0.322 e. The molecule has 0 saturated heterocycles. The summed E-state index contributed by atoms with van der Waals surface area (Å²) < 4.78 is 0. The number of benzene rings is 3. The van der Waals surface area contributed by atoms with E-state index in [0.717, 1.165) is 27.9 Å². The zero-order valence-corrected chi connectivity index (χ0v) is 15.2. The normalized spacial score (nSPS) is 10.4. The number of hydrogen-bond acceptors (Lipinski definition) is 2. The number of rotatable bonds is 4. The molecule has 1 N–H and O–H groups in total. The molecule has 3 rings (SSSR count). The number of para-hydroxylation sites is 1. The largest absolute Gasteiger partial charge is 0.322 e. The van der Waals surface area contributed by atoms with Gasteiger partial charge in [0.25, 0.3) is 5.91 Å². The topological polar surface area (TPSA) is 46.2 Å². The highest BCUT2D eigenvalue weighted by atomic mass is 16.1. The molecule has 0 radical (unpaired) electrons. The van der Waals surface area contributed by atoms with Gasteiger partial charge in [-0.2, -0.15) is 0 Å². The third-order valence-electron chi connectivity index (χ3n) is 4.35. The highest BCUT2D eigenvalue weighted by Crippen LogP contribution is 2.21. The van der Waals surface area contributed by atoms with Gasteiger partial charge in [0.15, 0.2) is 5.78 Å². The van der Waals surface area contributed by atoms with Crippen LogP contribution in [0.15, 0.2) is 66.7 Å². The molecule has 130 valence electrons. The molecule has 0 atom stereocenters. The zero-order chi connectivity index (χ0) is 18.7. The lowest BCUT2D eigenvalue weighted by molar-refractivity contribution is 0.101. The quantitative estimate of drug-likeness (QED) is 0.670. The first-order valence-corrected chi connectivity index (χ1v) is 8.54. The SMILES string of the molecule is Cc1cc(C)c(C(=O)c2ccc(C(=O)Nc3ccccc3)cc2)c(C)c1. The van der Waals surface area contributed by atoms with Gasteiger partial charge in [-0.15, -0.1) is 0 Å².